The SMILES string of the molecule is CC(CC(N)=O)c1cccc(-c2nn[nH]n2)c1. The van der Waals surface area contributed by atoms with Crippen LogP contribution in [0.1, 0.15) is 24.8 Å². The second kappa shape index (κ2) is 4.73. The Morgan fingerprint density at radius 2 is 2.35 bits per heavy atom. The van der Waals surface area contributed by atoms with E-state index in [1.165, 1.54) is 0 Å². The van der Waals surface area contributed by atoms with Crippen molar-refractivity contribution in [1.29, 1.82) is 0 Å². The molecule has 1 aromatic carbocycles. The third kappa shape index (κ3) is 2.66. The highest BCUT2D eigenvalue weighted by Crippen LogP contribution is 2.23. The summed E-state index contributed by atoms with van der Waals surface area (Å²) in [6.45, 7) is 1.96. The quantitative estimate of drug-likeness (QED) is 0.814. The molecule has 1 heterocycles. The zero-order valence-electron chi connectivity index (χ0n) is 9.42. The Balaban J connectivity index is 2.25. The van der Waals surface area contributed by atoms with E-state index in [2.05, 4.69) is 20.6 Å². The second-order valence-electron chi connectivity index (χ2n) is 3.93. The molecule has 6 heteroatoms. The molecule has 2 rings (SSSR count). The number of aromatic nitrogens is 4. The van der Waals surface area contributed by atoms with E-state index in [0.29, 0.717) is 12.2 Å². The number of H-pyrrole nitrogens is 1. The van der Waals surface area contributed by atoms with Gasteiger partial charge in [-0.3, -0.25) is 4.79 Å². The van der Waals surface area contributed by atoms with Crippen molar-refractivity contribution < 1.29 is 4.79 Å². The average molecular weight is 231 g/mol. The molecule has 0 aliphatic heterocycles. The molecule has 0 bridgehead atoms. The molecule has 0 spiro atoms. The van der Waals surface area contributed by atoms with E-state index in [1.54, 1.807) is 0 Å². The van der Waals surface area contributed by atoms with E-state index in [9.17, 15) is 4.79 Å². The minimum atomic E-state index is -0.303. The number of tetrazole rings is 1. The van der Waals surface area contributed by atoms with Gasteiger partial charge in [0.2, 0.25) is 11.7 Å². The number of amides is 1. The highest BCUT2D eigenvalue weighted by Gasteiger charge is 2.10. The molecular formula is C11H13N5O. The fourth-order valence-corrected chi connectivity index (χ4v) is 1.69. The van der Waals surface area contributed by atoms with Gasteiger partial charge in [-0.1, -0.05) is 25.1 Å². The Morgan fingerprint density at radius 1 is 1.53 bits per heavy atom. The van der Waals surface area contributed by atoms with Crippen LogP contribution in [0, 0.1) is 0 Å². The molecule has 3 N–H and O–H groups in total. The first-order chi connectivity index (χ1) is 8.16. The molecule has 0 saturated carbocycles. The van der Waals surface area contributed by atoms with E-state index < -0.39 is 0 Å². The Kier molecular flexibility index (Phi) is 3.13. The minimum absolute atomic E-state index is 0.0827. The van der Waals surface area contributed by atoms with Gasteiger partial charge in [-0.15, -0.1) is 10.2 Å². The summed E-state index contributed by atoms with van der Waals surface area (Å²) in [5.74, 6) is 0.319. The van der Waals surface area contributed by atoms with Crippen molar-refractivity contribution >= 4 is 5.91 Å². The zero-order chi connectivity index (χ0) is 12.3. The van der Waals surface area contributed by atoms with Gasteiger partial charge in [-0.2, -0.15) is 5.21 Å². The van der Waals surface area contributed by atoms with Gasteiger partial charge in [0.15, 0.2) is 0 Å². The van der Waals surface area contributed by atoms with Crippen molar-refractivity contribution in [3.8, 4) is 11.4 Å². The van der Waals surface area contributed by atoms with Crippen LogP contribution in [0.4, 0.5) is 0 Å². The van der Waals surface area contributed by atoms with Crippen molar-refractivity contribution in [2.24, 2.45) is 5.73 Å². The maximum Gasteiger partial charge on any atom is 0.218 e. The number of aromatic amines is 1. The summed E-state index contributed by atoms with van der Waals surface area (Å²) < 4.78 is 0. The summed E-state index contributed by atoms with van der Waals surface area (Å²) >= 11 is 0. The van der Waals surface area contributed by atoms with E-state index >= 15 is 0 Å². The standard InChI is InChI=1S/C11H13N5O/c1-7(5-10(12)17)8-3-2-4-9(6-8)11-13-15-16-14-11/h2-4,6-7H,5H2,1H3,(H2,12,17)(H,13,14,15,16). The summed E-state index contributed by atoms with van der Waals surface area (Å²) in [7, 11) is 0. The third-order valence-corrected chi connectivity index (χ3v) is 2.57. The first kappa shape index (κ1) is 11.3. The van der Waals surface area contributed by atoms with Crippen molar-refractivity contribution in [3.63, 3.8) is 0 Å². The third-order valence-electron chi connectivity index (χ3n) is 2.57. The van der Waals surface area contributed by atoms with Crippen LogP contribution in [0.2, 0.25) is 0 Å². The van der Waals surface area contributed by atoms with Gasteiger partial charge in [0.05, 0.1) is 0 Å². The predicted octanol–water partition coefficient (Wildman–Crippen LogP) is 0.846. The molecule has 6 nitrogen and oxygen atoms in total. The summed E-state index contributed by atoms with van der Waals surface area (Å²) in [4.78, 5) is 10.9. The van der Waals surface area contributed by atoms with Gasteiger partial charge >= 0.3 is 0 Å². The van der Waals surface area contributed by atoms with Crippen LogP contribution in [-0.4, -0.2) is 26.5 Å². The molecule has 1 amide bonds. The fourth-order valence-electron chi connectivity index (χ4n) is 1.69. The number of rotatable bonds is 4. The van der Waals surface area contributed by atoms with Gasteiger partial charge in [-0.05, 0) is 22.8 Å². The van der Waals surface area contributed by atoms with E-state index in [4.69, 9.17) is 5.73 Å². The molecular weight excluding hydrogens is 218 g/mol. The first-order valence-electron chi connectivity index (χ1n) is 5.29. The highest BCUT2D eigenvalue weighted by atomic mass is 16.1. The number of hydrogen-bond acceptors (Lipinski definition) is 4. The molecule has 2 aromatic rings. The summed E-state index contributed by atoms with van der Waals surface area (Å²) in [6, 6.07) is 7.69. The topological polar surface area (TPSA) is 97.5 Å². The lowest BCUT2D eigenvalue weighted by Crippen LogP contribution is -2.13. The monoisotopic (exact) mass is 231 g/mol. The lowest BCUT2D eigenvalue weighted by atomic mass is 9.96. The molecule has 1 aromatic heterocycles. The average Bonchev–Trinajstić information content (AvgIpc) is 2.82. The molecule has 0 radical (unpaired) electrons. The van der Waals surface area contributed by atoms with E-state index in [1.807, 2.05) is 31.2 Å². The predicted molar refractivity (Wildman–Crippen MR) is 61.8 cm³/mol. The maximum absolute atomic E-state index is 10.9. The second-order valence-corrected chi connectivity index (χ2v) is 3.93. The maximum atomic E-state index is 10.9. The molecule has 0 aliphatic carbocycles. The van der Waals surface area contributed by atoms with Crippen LogP contribution in [-0.2, 0) is 4.79 Å². The van der Waals surface area contributed by atoms with Crippen LogP contribution in [0.5, 0.6) is 0 Å². The number of carbonyl (C=O) groups is 1. The molecule has 88 valence electrons. The Labute approximate surface area is 98.2 Å². The minimum Gasteiger partial charge on any atom is -0.370 e. The Morgan fingerprint density at radius 3 is 3.00 bits per heavy atom. The summed E-state index contributed by atoms with van der Waals surface area (Å²) in [5, 5.41) is 13.7. The van der Waals surface area contributed by atoms with E-state index in [0.717, 1.165) is 11.1 Å². The lowest BCUT2D eigenvalue weighted by molar-refractivity contribution is -0.118. The van der Waals surface area contributed by atoms with Crippen molar-refractivity contribution in [1.82, 2.24) is 20.6 Å². The van der Waals surface area contributed by atoms with Crippen LogP contribution >= 0.6 is 0 Å². The summed E-state index contributed by atoms with van der Waals surface area (Å²) in [5.41, 5.74) is 7.09. The van der Waals surface area contributed by atoms with Crippen LogP contribution in [0.15, 0.2) is 24.3 Å². The number of nitrogens with two attached hydrogens (primary N) is 1. The molecule has 0 aliphatic rings. The Hall–Kier alpha value is -2.24. The highest BCUT2D eigenvalue weighted by molar-refractivity contribution is 5.74. The molecule has 17 heavy (non-hydrogen) atoms. The molecule has 1 unspecified atom stereocenters. The van der Waals surface area contributed by atoms with Crippen molar-refractivity contribution in [2.75, 3.05) is 0 Å². The molecule has 0 saturated heterocycles. The number of benzene rings is 1. The van der Waals surface area contributed by atoms with Crippen LogP contribution < -0.4 is 5.73 Å². The largest absolute Gasteiger partial charge is 0.370 e. The zero-order valence-corrected chi connectivity index (χ0v) is 9.42. The number of carbonyl (C=O) groups excluding carboxylic acids is 1. The van der Waals surface area contributed by atoms with E-state index in [-0.39, 0.29) is 11.8 Å². The van der Waals surface area contributed by atoms with Crippen LogP contribution in [0.25, 0.3) is 11.4 Å². The van der Waals surface area contributed by atoms with Gasteiger partial charge in [-0.25, -0.2) is 0 Å². The lowest BCUT2D eigenvalue weighted by Gasteiger charge is -2.10. The normalized spacial score (nSPS) is 12.3. The van der Waals surface area contributed by atoms with Gasteiger partial charge in [0, 0.05) is 12.0 Å². The number of nitrogens with zero attached hydrogens (tertiary/aromatic N) is 3. The smallest absolute Gasteiger partial charge is 0.218 e. The summed E-state index contributed by atoms with van der Waals surface area (Å²) in [6.07, 6.45) is 0.329. The van der Waals surface area contributed by atoms with Crippen molar-refractivity contribution in [2.45, 2.75) is 19.3 Å². The van der Waals surface area contributed by atoms with Gasteiger partial charge in [0.25, 0.3) is 0 Å². The fraction of sp³-hybridized carbons (Fsp3) is 0.273. The first-order valence-corrected chi connectivity index (χ1v) is 5.29. The van der Waals surface area contributed by atoms with Gasteiger partial charge in [0.1, 0.15) is 0 Å². The molecule has 0 fully saturated rings. The Bertz CT molecular complexity index is 508. The number of primary amides is 1. The van der Waals surface area contributed by atoms with Crippen LogP contribution in [0.3, 0.4) is 0 Å². The molecule has 1 atom stereocenters. The number of nitrogens with one attached hydrogen (secondary N) is 1. The van der Waals surface area contributed by atoms with Crippen molar-refractivity contribution in [3.05, 3.63) is 29.8 Å². The number of hydrogen-bond donors (Lipinski definition) is 2. The van der Waals surface area contributed by atoms with Gasteiger partial charge < -0.3 is 5.73 Å².